The Labute approximate surface area is 154 Å². The molecule has 1 fully saturated rings. The van der Waals surface area contributed by atoms with Crippen LogP contribution in [0.3, 0.4) is 0 Å². The normalized spacial score (nSPS) is 15.0. The van der Waals surface area contributed by atoms with Gasteiger partial charge in [0, 0.05) is 37.7 Å². The van der Waals surface area contributed by atoms with E-state index in [0.29, 0.717) is 37.7 Å². The molecule has 0 unspecified atom stereocenters. The van der Waals surface area contributed by atoms with Crippen molar-refractivity contribution in [3.63, 3.8) is 0 Å². The summed E-state index contributed by atoms with van der Waals surface area (Å²) in [5.41, 5.74) is 0.618. The van der Waals surface area contributed by atoms with Gasteiger partial charge in [0.1, 0.15) is 5.60 Å². The first-order valence-corrected chi connectivity index (χ1v) is 8.87. The van der Waals surface area contributed by atoms with E-state index < -0.39 is 5.60 Å². The monoisotopic (exact) mass is 367 g/mol. The lowest BCUT2D eigenvalue weighted by Gasteiger charge is -2.35. The van der Waals surface area contributed by atoms with E-state index in [-0.39, 0.29) is 12.1 Å². The molecule has 138 valence electrons. The number of benzene rings is 1. The first-order valence-electron chi connectivity index (χ1n) is 8.50. The van der Waals surface area contributed by atoms with Crippen molar-refractivity contribution in [2.75, 3.05) is 32.7 Å². The van der Waals surface area contributed by atoms with Crippen LogP contribution < -0.4 is 5.32 Å². The Morgan fingerprint density at radius 3 is 2.20 bits per heavy atom. The third-order valence-electron chi connectivity index (χ3n) is 3.82. The molecule has 0 aromatic heterocycles. The lowest BCUT2D eigenvalue weighted by atomic mass is 10.1. The summed E-state index contributed by atoms with van der Waals surface area (Å²) in [6.45, 7) is 8.07. The smallest absolute Gasteiger partial charge is 0.410 e. The molecule has 0 aliphatic carbocycles. The number of nitrogens with zero attached hydrogens (tertiary/aromatic N) is 2. The fraction of sp³-hybridized carbons (Fsp3) is 0.556. The van der Waals surface area contributed by atoms with Crippen LogP contribution in [0.25, 0.3) is 0 Å². The molecule has 7 heteroatoms. The number of amides is 3. The second-order valence-corrected chi connectivity index (χ2v) is 7.50. The molecule has 1 aliphatic rings. The first kappa shape index (κ1) is 19.4. The van der Waals surface area contributed by atoms with Crippen LogP contribution in [0.4, 0.5) is 9.59 Å². The second-order valence-electron chi connectivity index (χ2n) is 7.06. The van der Waals surface area contributed by atoms with E-state index in [0.717, 1.165) is 12.0 Å². The molecule has 2 rings (SSSR count). The van der Waals surface area contributed by atoms with Crippen LogP contribution in [0.1, 0.15) is 26.3 Å². The van der Waals surface area contributed by atoms with Gasteiger partial charge in [-0.25, -0.2) is 9.59 Å². The van der Waals surface area contributed by atoms with Gasteiger partial charge in [0.05, 0.1) is 0 Å². The molecule has 1 heterocycles. The molecule has 0 spiro atoms. The summed E-state index contributed by atoms with van der Waals surface area (Å²) < 4.78 is 5.35. The van der Waals surface area contributed by atoms with Crippen molar-refractivity contribution in [1.29, 1.82) is 0 Å². The Bertz CT molecular complexity index is 591. The molecule has 6 nitrogen and oxygen atoms in total. The Kier molecular flexibility index (Phi) is 6.53. The highest BCUT2D eigenvalue weighted by Crippen LogP contribution is 2.12. The molecule has 0 atom stereocenters. The van der Waals surface area contributed by atoms with Crippen LogP contribution in [0, 0.1) is 0 Å². The molecule has 0 radical (unpaired) electrons. The van der Waals surface area contributed by atoms with E-state index in [1.165, 1.54) is 0 Å². The van der Waals surface area contributed by atoms with Crippen molar-refractivity contribution in [3.8, 4) is 0 Å². The number of nitrogens with one attached hydrogen (secondary N) is 1. The minimum absolute atomic E-state index is 0.0993. The lowest BCUT2D eigenvalue weighted by molar-refractivity contribution is 0.0170. The van der Waals surface area contributed by atoms with Gasteiger partial charge in [0.15, 0.2) is 0 Å². The summed E-state index contributed by atoms with van der Waals surface area (Å²) in [6.07, 6.45) is 0.427. The summed E-state index contributed by atoms with van der Waals surface area (Å²) in [5, 5.41) is 3.62. The SMILES string of the molecule is CC(C)(C)OC(=O)N1CCN(C(=O)NCCc2ccc(Cl)cc2)CC1. The quantitative estimate of drug-likeness (QED) is 0.892. The van der Waals surface area contributed by atoms with Gasteiger partial charge in [0.25, 0.3) is 0 Å². The number of ether oxygens (including phenoxy) is 1. The number of halogens is 1. The van der Waals surface area contributed by atoms with Gasteiger partial charge in [-0.05, 0) is 44.9 Å². The van der Waals surface area contributed by atoms with Crippen LogP contribution >= 0.6 is 11.6 Å². The van der Waals surface area contributed by atoms with Gasteiger partial charge >= 0.3 is 12.1 Å². The first-order chi connectivity index (χ1) is 11.7. The highest BCUT2D eigenvalue weighted by atomic mass is 35.5. The number of hydrogen-bond donors (Lipinski definition) is 1. The molecular formula is C18H26ClN3O3. The Morgan fingerprint density at radius 2 is 1.64 bits per heavy atom. The predicted molar refractivity (Wildman–Crippen MR) is 97.9 cm³/mol. The van der Waals surface area contributed by atoms with Crippen molar-refractivity contribution in [1.82, 2.24) is 15.1 Å². The summed E-state index contributed by atoms with van der Waals surface area (Å²) in [7, 11) is 0. The van der Waals surface area contributed by atoms with E-state index in [9.17, 15) is 9.59 Å². The summed E-state index contributed by atoms with van der Waals surface area (Å²) in [6, 6.07) is 7.49. The molecule has 1 aliphatic heterocycles. The van der Waals surface area contributed by atoms with Gasteiger partial charge in [-0.2, -0.15) is 0 Å². The highest BCUT2D eigenvalue weighted by Gasteiger charge is 2.27. The van der Waals surface area contributed by atoms with Crippen LogP contribution in [-0.2, 0) is 11.2 Å². The number of carbonyl (C=O) groups excluding carboxylic acids is 2. The largest absolute Gasteiger partial charge is 0.444 e. The molecule has 0 saturated carbocycles. The van der Waals surface area contributed by atoms with Gasteiger partial charge in [0.2, 0.25) is 0 Å². The van der Waals surface area contributed by atoms with Crippen LogP contribution in [0.2, 0.25) is 5.02 Å². The average molecular weight is 368 g/mol. The fourth-order valence-electron chi connectivity index (χ4n) is 2.50. The van der Waals surface area contributed by atoms with E-state index in [1.54, 1.807) is 9.80 Å². The fourth-order valence-corrected chi connectivity index (χ4v) is 2.62. The number of carbonyl (C=O) groups is 2. The minimum atomic E-state index is -0.507. The highest BCUT2D eigenvalue weighted by molar-refractivity contribution is 6.30. The minimum Gasteiger partial charge on any atom is -0.444 e. The van der Waals surface area contributed by atoms with Crippen molar-refractivity contribution in [2.45, 2.75) is 32.8 Å². The van der Waals surface area contributed by atoms with Crippen LogP contribution in [0.5, 0.6) is 0 Å². The van der Waals surface area contributed by atoms with E-state index >= 15 is 0 Å². The van der Waals surface area contributed by atoms with E-state index in [1.807, 2.05) is 45.0 Å². The van der Waals surface area contributed by atoms with Crippen LogP contribution in [-0.4, -0.2) is 60.2 Å². The van der Waals surface area contributed by atoms with E-state index in [4.69, 9.17) is 16.3 Å². The molecular weight excluding hydrogens is 342 g/mol. The summed E-state index contributed by atoms with van der Waals surface area (Å²) in [5.74, 6) is 0. The van der Waals surface area contributed by atoms with Gasteiger partial charge < -0.3 is 19.9 Å². The standard InChI is InChI=1S/C18H26ClN3O3/c1-18(2,3)25-17(24)22-12-10-21(11-13-22)16(23)20-9-8-14-4-6-15(19)7-5-14/h4-7H,8-13H2,1-3H3,(H,20,23). The third-order valence-corrected chi connectivity index (χ3v) is 4.07. The molecule has 3 amide bonds. The number of rotatable bonds is 3. The van der Waals surface area contributed by atoms with E-state index in [2.05, 4.69) is 5.32 Å². The maximum Gasteiger partial charge on any atom is 0.410 e. The zero-order chi connectivity index (χ0) is 18.4. The molecule has 25 heavy (non-hydrogen) atoms. The molecule has 0 bridgehead atoms. The Hall–Kier alpha value is -1.95. The molecule has 1 aromatic carbocycles. The van der Waals surface area contributed by atoms with Crippen molar-refractivity contribution < 1.29 is 14.3 Å². The summed E-state index contributed by atoms with van der Waals surface area (Å²) >= 11 is 5.85. The number of piperazine rings is 1. The van der Waals surface area contributed by atoms with Gasteiger partial charge in [-0.3, -0.25) is 0 Å². The average Bonchev–Trinajstić information content (AvgIpc) is 2.55. The topological polar surface area (TPSA) is 61.9 Å². The van der Waals surface area contributed by atoms with Crippen LogP contribution in [0.15, 0.2) is 24.3 Å². The second kappa shape index (κ2) is 8.43. The third kappa shape index (κ3) is 6.46. The maximum absolute atomic E-state index is 12.2. The van der Waals surface area contributed by atoms with Crippen molar-refractivity contribution in [3.05, 3.63) is 34.9 Å². The Morgan fingerprint density at radius 1 is 1.08 bits per heavy atom. The van der Waals surface area contributed by atoms with Gasteiger partial charge in [-0.15, -0.1) is 0 Å². The van der Waals surface area contributed by atoms with Crippen molar-refractivity contribution in [2.24, 2.45) is 0 Å². The molecule has 1 saturated heterocycles. The van der Waals surface area contributed by atoms with Crippen molar-refractivity contribution >= 4 is 23.7 Å². The zero-order valence-corrected chi connectivity index (χ0v) is 15.8. The predicted octanol–water partition coefficient (Wildman–Crippen LogP) is 3.14. The molecule has 1 aromatic rings. The summed E-state index contributed by atoms with van der Waals surface area (Å²) in [4.78, 5) is 27.6. The lowest BCUT2D eigenvalue weighted by Crippen LogP contribution is -2.54. The number of hydrogen-bond acceptors (Lipinski definition) is 3. The maximum atomic E-state index is 12.2. The molecule has 1 N–H and O–H groups in total. The number of urea groups is 1. The zero-order valence-electron chi connectivity index (χ0n) is 15.0. The Balaban J connectivity index is 1.70. The van der Waals surface area contributed by atoms with Gasteiger partial charge in [-0.1, -0.05) is 23.7 Å².